The number of rotatable bonds is 2. The molecule has 0 saturated heterocycles. The Balaban J connectivity index is 1.82. The minimum absolute atomic E-state index is 0.0597. The molecule has 1 amide bonds. The molecule has 4 rings (SSSR count). The first-order valence-corrected chi connectivity index (χ1v) is 7.90. The van der Waals surface area contributed by atoms with Crippen molar-refractivity contribution in [3.63, 3.8) is 0 Å². The number of benzene rings is 2. The largest absolute Gasteiger partial charge is 0.361 e. The Kier molecular flexibility index (Phi) is 2.96. The van der Waals surface area contributed by atoms with E-state index >= 15 is 0 Å². The summed E-state index contributed by atoms with van der Waals surface area (Å²) in [5.74, 6) is 0.154. The summed E-state index contributed by atoms with van der Waals surface area (Å²) in [6.07, 6.45) is 2.16. The van der Waals surface area contributed by atoms with Gasteiger partial charge < -0.3 is 10.2 Å². The lowest BCUT2D eigenvalue weighted by molar-refractivity contribution is 0.0666. The molecule has 1 aliphatic heterocycles. The van der Waals surface area contributed by atoms with E-state index < -0.39 is 0 Å². The van der Waals surface area contributed by atoms with E-state index in [1.807, 2.05) is 29.2 Å². The topological polar surface area (TPSA) is 32.3 Å². The molecule has 3 nitrogen and oxygen atoms in total. The van der Waals surface area contributed by atoms with Gasteiger partial charge in [-0.25, -0.2) is 0 Å². The maximum atomic E-state index is 12.9. The lowest BCUT2D eigenvalue weighted by atomic mass is 9.98. The van der Waals surface area contributed by atoms with Crippen molar-refractivity contribution in [1.82, 2.24) is 4.90 Å². The van der Waals surface area contributed by atoms with E-state index in [9.17, 15) is 4.79 Å². The maximum absolute atomic E-state index is 12.9. The fourth-order valence-corrected chi connectivity index (χ4v) is 3.36. The molecule has 1 aliphatic carbocycles. The fourth-order valence-electron chi connectivity index (χ4n) is 3.36. The van der Waals surface area contributed by atoms with Gasteiger partial charge >= 0.3 is 0 Å². The molecule has 1 fully saturated rings. The highest BCUT2D eigenvalue weighted by Gasteiger charge is 2.42. The Labute approximate surface area is 131 Å². The minimum atomic E-state index is -0.0597. The van der Waals surface area contributed by atoms with Gasteiger partial charge in [0.05, 0.1) is 5.56 Å². The maximum Gasteiger partial charge on any atom is 0.258 e. The van der Waals surface area contributed by atoms with Crippen LogP contribution in [0.2, 0.25) is 0 Å². The number of nitrogens with zero attached hydrogens (tertiary/aromatic N) is 1. The van der Waals surface area contributed by atoms with Crippen LogP contribution in [0.5, 0.6) is 0 Å². The van der Waals surface area contributed by atoms with Crippen LogP contribution in [0, 0.1) is 13.8 Å². The van der Waals surface area contributed by atoms with Crippen LogP contribution in [0.3, 0.4) is 0 Å². The lowest BCUT2D eigenvalue weighted by Crippen LogP contribution is -2.44. The molecule has 0 aromatic heterocycles. The SMILES string of the molecule is Cc1ccc(C2Nc3ccccc3C(=O)N2C2CC2)c(C)c1. The highest BCUT2D eigenvalue weighted by atomic mass is 16.2. The van der Waals surface area contributed by atoms with Crippen LogP contribution >= 0.6 is 0 Å². The quantitative estimate of drug-likeness (QED) is 0.906. The Bertz CT molecular complexity index is 749. The van der Waals surface area contributed by atoms with Crippen LogP contribution < -0.4 is 5.32 Å². The molecule has 22 heavy (non-hydrogen) atoms. The zero-order valence-electron chi connectivity index (χ0n) is 13.0. The molecule has 0 bridgehead atoms. The van der Waals surface area contributed by atoms with Gasteiger partial charge in [0.25, 0.3) is 5.91 Å². The number of para-hydroxylation sites is 1. The van der Waals surface area contributed by atoms with E-state index in [0.29, 0.717) is 6.04 Å². The van der Waals surface area contributed by atoms with E-state index in [1.165, 1.54) is 16.7 Å². The molecule has 1 atom stereocenters. The Morgan fingerprint density at radius 3 is 2.59 bits per heavy atom. The van der Waals surface area contributed by atoms with E-state index in [0.717, 1.165) is 24.1 Å². The third-order valence-electron chi connectivity index (χ3n) is 4.62. The van der Waals surface area contributed by atoms with Gasteiger partial charge in [-0.2, -0.15) is 0 Å². The molecule has 2 aromatic carbocycles. The third kappa shape index (κ3) is 2.08. The van der Waals surface area contributed by atoms with Crippen molar-refractivity contribution in [3.8, 4) is 0 Å². The molecular weight excluding hydrogens is 272 g/mol. The van der Waals surface area contributed by atoms with Crippen LogP contribution in [0.15, 0.2) is 42.5 Å². The fraction of sp³-hybridized carbons (Fsp3) is 0.316. The predicted molar refractivity (Wildman–Crippen MR) is 87.9 cm³/mol. The summed E-state index contributed by atoms with van der Waals surface area (Å²) in [4.78, 5) is 15.0. The molecule has 112 valence electrons. The van der Waals surface area contributed by atoms with Gasteiger partial charge in [0, 0.05) is 11.7 Å². The molecule has 0 radical (unpaired) electrons. The average molecular weight is 292 g/mol. The zero-order chi connectivity index (χ0) is 15.3. The van der Waals surface area contributed by atoms with E-state index in [2.05, 4.69) is 37.4 Å². The van der Waals surface area contributed by atoms with Crippen molar-refractivity contribution in [1.29, 1.82) is 0 Å². The second-order valence-electron chi connectivity index (χ2n) is 6.40. The monoisotopic (exact) mass is 292 g/mol. The summed E-state index contributed by atoms with van der Waals surface area (Å²) in [7, 11) is 0. The molecule has 2 aliphatic rings. The van der Waals surface area contributed by atoms with Crippen LogP contribution in [0.1, 0.15) is 46.1 Å². The van der Waals surface area contributed by atoms with Crippen molar-refractivity contribution >= 4 is 11.6 Å². The Morgan fingerprint density at radius 2 is 1.86 bits per heavy atom. The second-order valence-corrected chi connectivity index (χ2v) is 6.40. The Hall–Kier alpha value is -2.29. The lowest BCUT2D eigenvalue weighted by Gasteiger charge is -2.39. The number of hydrogen-bond donors (Lipinski definition) is 1. The van der Waals surface area contributed by atoms with E-state index in [-0.39, 0.29) is 12.1 Å². The number of anilines is 1. The van der Waals surface area contributed by atoms with Crippen molar-refractivity contribution in [2.75, 3.05) is 5.32 Å². The minimum Gasteiger partial charge on any atom is -0.361 e. The van der Waals surface area contributed by atoms with Gasteiger partial charge in [-0.05, 0) is 49.9 Å². The molecule has 1 heterocycles. The van der Waals surface area contributed by atoms with Gasteiger partial charge in [-0.3, -0.25) is 4.79 Å². The molecule has 1 unspecified atom stereocenters. The van der Waals surface area contributed by atoms with Crippen LogP contribution in [0.25, 0.3) is 0 Å². The molecule has 3 heteroatoms. The van der Waals surface area contributed by atoms with Gasteiger partial charge in [0.15, 0.2) is 0 Å². The number of fused-ring (bicyclic) bond motifs is 1. The van der Waals surface area contributed by atoms with Crippen molar-refractivity contribution < 1.29 is 4.79 Å². The second kappa shape index (κ2) is 4.87. The highest BCUT2D eigenvalue weighted by molar-refractivity contribution is 6.02. The van der Waals surface area contributed by atoms with Crippen molar-refractivity contribution in [2.24, 2.45) is 0 Å². The zero-order valence-corrected chi connectivity index (χ0v) is 13.0. The number of nitrogens with one attached hydrogen (secondary N) is 1. The normalized spacial score (nSPS) is 20.5. The molecule has 2 aromatic rings. The number of carbonyl (C=O) groups excluding carboxylic acids is 1. The number of carbonyl (C=O) groups is 1. The van der Waals surface area contributed by atoms with Crippen molar-refractivity contribution in [2.45, 2.75) is 38.9 Å². The third-order valence-corrected chi connectivity index (χ3v) is 4.62. The molecule has 1 N–H and O–H groups in total. The molecular formula is C19H20N2O. The van der Waals surface area contributed by atoms with Crippen LogP contribution in [-0.4, -0.2) is 16.8 Å². The predicted octanol–water partition coefficient (Wildman–Crippen LogP) is 4.03. The molecule has 1 saturated carbocycles. The smallest absolute Gasteiger partial charge is 0.258 e. The van der Waals surface area contributed by atoms with E-state index in [1.54, 1.807) is 0 Å². The number of aryl methyl sites for hydroxylation is 2. The van der Waals surface area contributed by atoms with Gasteiger partial charge in [0.2, 0.25) is 0 Å². The number of hydrogen-bond acceptors (Lipinski definition) is 2. The highest BCUT2D eigenvalue weighted by Crippen LogP contribution is 2.41. The van der Waals surface area contributed by atoms with Gasteiger partial charge in [-0.1, -0.05) is 35.9 Å². The first kappa shape index (κ1) is 13.4. The van der Waals surface area contributed by atoms with E-state index in [4.69, 9.17) is 0 Å². The summed E-state index contributed by atoms with van der Waals surface area (Å²) in [6.45, 7) is 4.23. The summed E-state index contributed by atoms with van der Waals surface area (Å²) in [5.41, 5.74) is 5.40. The summed E-state index contributed by atoms with van der Waals surface area (Å²) in [5, 5.41) is 3.58. The Morgan fingerprint density at radius 1 is 1.09 bits per heavy atom. The summed E-state index contributed by atoms with van der Waals surface area (Å²) < 4.78 is 0. The average Bonchev–Trinajstić information content (AvgIpc) is 3.32. The summed E-state index contributed by atoms with van der Waals surface area (Å²) in [6, 6.07) is 14.7. The van der Waals surface area contributed by atoms with Crippen LogP contribution in [-0.2, 0) is 0 Å². The molecule has 0 spiro atoms. The first-order chi connectivity index (χ1) is 10.6. The standard InChI is InChI=1S/C19H20N2O/c1-12-7-10-15(13(2)11-12)18-20-17-6-4-3-5-16(17)19(22)21(18)14-8-9-14/h3-7,10-11,14,18,20H,8-9H2,1-2H3. The van der Waals surface area contributed by atoms with Crippen LogP contribution in [0.4, 0.5) is 5.69 Å². The van der Waals surface area contributed by atoms with Gasteiger partial charge in [-0.15, -0.1) is 0 Å². The van der Waals surface area contributed by atoms with Crippen molar-refractivity contribution in [3.05, 3.63) is 64.7 Å². The van der Waals surface area contributed by atoms with Gasteiger partial charge in [0.1, 0.15) is 6.17 Å². The summed E-state index contributed by atoms with van der Waals surface area (Å²) >= 11 is 0. The first-order valence-electron chi connectivity index (χ1n) is 7.90. The number of amides is 1.